The van der Waals surface area contributed by atoms with E-state index in [4.69, 9.17) is 5.73 Å². The minimum atomic E-state index is 0.169. The molecule has 1 fully saturated rings. The molecular weight excluding hydrogens is 160 g/mol. The third-order valence-corrected chi connectivity index (χ3v) is 2.90. The summed E-state index contributed by atoms with van der Waals surface area (Å²) in [6, 6.07) is 4.15. The highest BCUT2D eigenvalue weighted by atomic mass is 14.8. The second-order valence-electron chi connectivity index (χ2n) is 4.11. The Labute approximate surface area is 79.2 Å². The Morgan fingerprint density at radius 1 is 1.54 bits per heavy atom. The summed E-state index contributed by atoms with van der Waals surface area (Å²) in [6.07, 6.45) is 6.43. The average molecular weight is 176 g/mol. The first-order chi connectivity index (χ1) is 6.20. The number of hydrogen-bond acceptors (Lipinski definition) is 2. The zero-order chi connectivity index (χ0) is 9.31. The van der Waals surface area contributed by atoms with Crippen molar-refractivity contribution in [2.45, 2.75) is 38.1 Å². The van der Waals surface area contributed by atoms with E-state index in [2.05, 4.69) is 18.0 Å². The lowest BCUT2D eigenvalue weighted by molar-refractivity contribution is 0.607. The van der Waals surface area contributed by atoms with Crippen molar-refractivity contribution in [2.24, 2.45) is 5.73 Å². The molecule has 1 aliphatic carbocycles. The number of nitrogens with zero attached hydrogens (tertiary/aromatic N) is 1. The van der Waals surface area contributed by atoms with E-state index in [1.165, 1.54) is 18.4 Å². The predicted octanol–water partition coefficient (Wildman–Crippen LogP) is 1.81. The molecule has 0 spiro atoms. The normalized spacial score (nSPS) is 18.6. The van der Waals surface area contributed by atoms with Crippen molar-refractivity contribution < 1.29 is 0 Å². The zero-order valence-electron chi connectivity index (χ0n) is 8.09. The maximum absolute atomic E-state index is 6.02. The van der Waals surface area contributed by atoms with Crippen LogP contribution >= 0.6 is 0 Å². The Bertz CT molecular complexity index is 303. The van der Waals surface area contributed by atoms with Crippen LogP contribution in [0.2, 0.25) is 0 Å². The molecule has 0 aromatic carbocycles. The van der Waals surface area contributed by atoms with Gasteiger partial charge in [-0.25, -0.2) is 0 Å². The molecule has 0 atom stereocenters. The summed E-state index contributed by atoms with van der Waals surface area (Å²) in [5.41, 5.74) is 8.68. The highest BCUT2D eigenvalue weighted by Gasteiger charge is 2.37. The molecule has 0 unspecified atom stereocenters. The van der Waals surface area contributed by atoms with Gasteiger partial charge in [-0.1, -0.05) is 6.07 Å². The summed E-state index contributed by atoms with van der Waals surface area (Å²) in [6.45, 7) is 2.06. The fraction of sp³-hybridized carbons (Fsp3) is 0.545. The first-order valence-electron chi connectivity index (χ1n) is 4.89. The first kappa shape index (κ1) is 8.70. The van der Waals surface area contributed by atoms with Crippen LogP contribution in [0, 0.1) is 6.92 Å². The molecule has 0 amide bonds. The molecular formula is C11H16N2. The second kappa shape index (κ2) is 3.11. The number of nitrogens with two attached hydrogens (primary N) is 1. The molecule has 1 aromatic rings. The number of aromatic nitrogens is 1. The van der Waals surface area contributed by atoms with E-state index in [1.807, 2.05) is 12.3 Å². The summed E-state index contributed by atoms with van der Waals surface area (Å²) in [4.78, 5) is 4.26. The van der Waals surface area contributed by atoms with Crippen LogP contribution in [-0.2, 0) is 6.42 Å². The number of aryl methyl sites for hydroxylation is 2. The number of pyridine rings is 1. The third-order valence-electron chi connectivity index (χ3n) is 2.90. The smallest absolute Gasteiger partial charge is 0.0404 e. The van der Waals surface area contributed by atoms with Crippen molar-refractivity contribution in [3.05, 3.63) is 29.6 Å². The largest absolute Gasteiger partial charge is 0.325 e. The molecule has 2 N–H and O–H groups in total. The molecule has 0 bridgehead atoms. The Hall–Kier alpha value is -0.890. The van der Waals surface area contributed by atoms with E-state index < -0.39 is 0 Å². The monoisotopic (exact) mass is 176 g/mol. The number of hydrogen-bond donors (Lipinski definition) is 1. The van der Waals surface area contributed by atoms with Gasteiger partial charge in [-0.05, 0) is 44.2 Å². The standard InChI is InChI=1S/C11H16N2/c1-9-10(3-2-8-13-9)4-5-11(12)6-7-11/h2-3,8H,4-7,12H2,1H3. The molecule has 0 radical (unpaired) electrons. The van der Waals surface area contributed by atoms with Gasteiger partial charge in [0.15, 0.2) is 0 Å². The molecule has 13 heavy (non-hydrogen) atoms. The van der Waals surface area contributed by atoms with Crippen LogP contribution in [-0.4, -0.2) is 10.5 Å². The number of rotatable bonds is 3. The summed E-state index contributed by atoms with van der Waals surface area (Å²) in [5.74, 6) is 0. The molecule has 0 aliphatic heterocycles. The van der Waals surface area contributed by atoms with Gasteiger partial charge >= 0.3 is 0 Å². The highest BCUT2D eigenvalue weighted by molar-refractivity contribution is 5.19. The van der Waals surface area contributed by atoms with Gasteiger partial charge in [-0.3, -0.25) is 4.98 Å². The van der Waals surface area contributed by atoms with Crippen LogP contribution in [0.1, 0.15) is 30.5 Å². The minimum Gasteiger partial charge on any atom is -0.325 e. The van der Waals surface area contributed by atoms with Crippen molar-refractivity contribution in [1.82, 2.24) is 4.98 Å². The average Bonchev–Trinajstić information content (AvgIpc) is 2.83. The summed E-state index contributed by atoms with van der Waals surface area (Å²) >= 11 is 0. The Morgan fingerprint density at radius 2 is 2.31 bits per heavy atom. The summed E-state index contributed by atoms with van der Waals surface area (Å²) < 4.78 is 0. The second-order valence-corrected chi connectivity index (χ2v) is 4.11. The van der Waals surface area contributed by atoms with E-state index in [9.17, 15) is 0 Å². The quantitative estimate of drug-likeness (QED) is 0.763. The van der Waals surface area contributed by atoms with Crippen LogP contribution in [0.25, 0.3) is 0 Å². The van der Waals surface area contributed by atoms with Gasteiger partial charge in [0.1, 0.15) is 0 Å². The van der Waals surface area contributed by atoms with Crippen LogP contribution in [0.4, 0.5) is 0 Å². The maximum atomic E-state index is 6.02. The molecule has 1 aromatic heterocycles. The fourth-order valence-corrected chi connectivity index (χ4v) is 1.58. The van der Waals surface area contributed by atoms with Crippen LogP contribution in [0.15, 0.2) is 18.3 Å². The van der Waals surface area contributed by atoms with Crippen molar-refractivity contribution in [2.75, 3.05) is 0 Å². The highest BCUT2D eigenvalue weighted by Crippen LogP contribution is 2.36. The molecule has 2 nitrogen and oxygen atoms in total. The Kier molecular flexibility index (Phi) is 2.08. The van der Waals surface area contributed by atoms with Crippen molar-refractivity contribution in [3.8, 4) is 0 Å². The van der Waals surface area contributed by atoms with E-state index >= 15 is 0 Å². The van der Waals surface area contributed by atoms with Crippen LogP contribution < -0.4 is 5.73 Å². The summed E-state index contributed by atoms with van der Waals surface area (Å²) in [5, 5.41) is 0. The summed E-state index contributed by atoms with van der Waals surface area (Å²) in [7, 11) is 0. The van der Waals surface area contributed by atoms with Gasteiger partial charge in [0, 0.05) is 17.4 Å². The fourth-order valence-electron chi connectivity index (χ4n) is 1.58. The van der Waals surface area contributed by atoms with E-state index in [1.54, 1.807) is 0 Å². The van der Waals surface area contributed by atoms with Gasteiger partial charge in [-0.2, -0.15) is 0 Å². The van der Waals surface area contributed by atoms with Gasteiger partial charge in [0.2, 0.25) is 0 Å². The van der Waals surface area contributed by atoms with Gasteiger partial charge < -0.3 is 5.73 Å². The topological polar surface area (TPSA) is 38.9 Å². The molecule has 2 rings (SSSR count). The van der Waals surface area contributed by atoms with Crippen molar-refractivity contribution >= 4 is 0 Å². The van der Waals surface area contributed by atoms with Gasteiger partial charge in [0.05, 0.1) is 0 Å². The Morgan fingerprint density at radius 3 is 2.92 bits per heavy atom. The van der Waals surface area contributed by atoms with Gasteiger partial charge in [0.25, 0.3) is 0 Å². The molecule has 2 heteroatoms. The molecule has 1 heterocycles. The maximum Gasteiger partial charge on any atom is 0.0404 e. The zero-order valence-corrected chi connectivity index (χ0v) is 8.09. The lowest BCUT2D eigenvalue weighted by Gasteiger charge is -2.09. The molecule has 1 saturated carbocycles. The van der Waals surface area contributed by atoms with Crippen molar-refractivity contribution in [3.63, 3.8) is 0 Å². The molecule has 0 saturated heterocycles. The van der Waals surface area contributed by atoms with Crippen LogP contribution in [0.3, 0.4) is 0 Å². The van der Waals surface area contributed by atoms with E-state index in [-0.39, 0.29) is 5.54 Å². The first-order valence-corrected chi connectivity index (χ1v) is 4.89. The predicted molar refractivity (Wildman–Crippen MR) is 53.4 cm³/mol. The molecule has 70 valence electrons. The van der Waals surface area contributed by atoms with E-state index in [0.717, 1.165) is 18.5 Å². The Balaban J connectivity index is 1.97. The lowest BCUT2D eigenvalue weighted by atomic mass is 10.0. The third kappa shape index (κ3) is 2.07. The van der Waals surface area contributed by atoms with Crippen LogP contribution in [0.5, 0.6) is 0 Å². The van der Waals surface area contributed by atoms with Crippen molar-refractivity contribution in [1.29, 1.82) is 0 Å². The molecule has 1 aliphatic rings. The van der Waals surface area contributed by atoms with Gasteiger partial charge in [-0.15, -0.1) is 0 Å². The minimum absolute atomic E-state index is 0.169. The SMILES string of the molecule is Cc1ncccc1CCC1(N)CC1. The lowest BCUT2D eigenvalue weighted by Crippen LogP contribution is -2.22. The van der Waals surface area contributed by atoms with E-state index in [0.29, 0.717) is 0 Å².